The van der Waals surface area contributed by atoms with Crippen LogP contribution in [0.5, 0.6) is 0 Å². The molecule has 1 aromatic heterocycles. The summed E-state index contributed by atoms with van der Waals surface area (Å²) in [6.45, 7) is 12.4. The number of rotatable bonds is 8. The second-order valence-corrected chi connectivity index (χ2v) is 7.40. The average Bonchev–Trinajstić information content (AvgIpc) is 3.07. The van der Waals surface area contributed by atoms with Crippen molar-refractivity contribution in [1.29, 1.82) is 0 Å². The third-order valence-electron chi connectivity index (χ3n) is 5.75. The van der Waals surface area contributed by atoms with Gasteiger partial charge in [-0.2, -0.15) is 0 Å². The number of aromatic amines is 1. The van der Waals surface area contributed by atoms with Crippen LogP contribution in [0.3, 0.4) is 0 Å². The summed E-state index contributed by atoms with van der Waals surface area (Å²) in [4.78, 5) is 21.1. The maximum atomic E-state index is 13.1. The monoisotopic (exact) mass is 355 g/mol. The van der Waals surface area contributed by atoms with Crippen LogP contribution in [0.25, 0.3) is 10.9 Å². The Morgan fingerprint density at radius 3 is 2.38 bits per heavy atom. The predicted octanol–water partition coefficient (Wildman–Crippen LogP) is 4.24. The van der Waals surface area contributed by atoms with Gasteiger partial charge in [0.2, 0.25) is 0 Å². The number of amides is 1. The van der Waals surface area contributed by atoms with Gasteiger partial charge in [-0.15, -0.1) is 0 Å². The third kappa shape index (κ3) is 3.39. The van der Waals surface area contributed by atoms with Crippen molar-refractivity contribution in [2.24, 2.45) is 0 Å². The summed E-state index contributed by atoms with van der Waals surface area (Å²) in [6, 6.07) is 4.60. The van der Waals surface area contributed by atoms with Crippen molar-refractivity contribution in [3.63, 3.8) is 0 Å². The van der Waals surface area contributed by atoms with E-state index in [9.17, 15) is 4.79 Å². The molecule has 0 saturated carbocycles. The maximum Gasteiger partial charge on any atom is 0.254 e. The zero-order valence-corrected chi connectivity index (χ0v) is 16.8. The van der Waals surface area contributed by atoms with Crippen LogP contribution in [-0.2, 0) is 12.8 Å². The van der Waals surface area contributed by atoms with Gasteiger partial charge in [0, 0.05) is 41.8 Å². The molecule has 1 aromatic carbocycles. The molecular formula is C22H33N3O. The Labute approximate surface area is 157 Å². The number of nitrogens with zero attached hydrogens (tertiary/aromatic N) is 2. The highest BCUT2D eigenvalue weighted by molar-refractivity contribution is 6.02. The lowest BCUT2D eigenvalue weighted by molar-refractivity contribution is 0.0771. The van der Waals surface area contributed by atoms with Crippen LogP contribution in [0.4, 0.5) is 0 Å². The van der Waals surface area contributed by atoms with E-state index in [0.717, 1.165) is 44.6 Å². The summed E-state index contributed by atoms with van der Waals surface area (Å²) < 4.78 is 0. The largest absolute Gasteiger partial charge is 0.361 e. The lowest BCUT2D eigenvalue weighted by Gasteiger charge is -2.35. The zero-order valence-electron chi connectivity index (χ0n) is 16.8. The molecule has 0 fully saturated rings. The van der Waals surface area contributed by atoms with Crippen molar-refractivity contribution in [3.8, 4) is 0 Å². The number of benzene rings is 1. The first-order valence-corrected chi connectivity index (χ1v) is 10.3. The Kier molecular flexibility index (Phi) is 6.02. The normalized spacial score (nSPS) is 16.4. The van der Waals surface area contributed by atoms with Gasteiger partial charge in [-0.25, -0.2) is 0 Å². The highest BCUT2D eigenvalue weighted by atomic mass is 16.2. The molecule has 0 saturated heterocycles. The Hall–Kier alpha value is -1.81. The molecule has 142 valence electrons. The van der Waals surface area contributed by atoms with E-state index in [0.29, 0.717) is 6.04 Å². The van der Waals surface area contributed by atoms with Gasteiger partial charge in [-0.3, -0.25) is 9.69 Å². The van der Waals surface area contributed by atoms with Crippen molar-refractivity contribution in [3.05, 3.63) is 35.0 Å². The smallest absolute Gasteiger partial charge is 0.254 e. The molecule has 4 nitrogen and oxygen atoms in total. The van der Waals surface area contributed by atoms with Crippen LogP contribution in [0.1, 0.15) is 62.0 Å². The van der Waals surface area contributed by atoms with Crippen LogP contribution in [0, 0.1) is 0 Å². The molecule has 1 atom stereocenters. The Morgan fingerprint density at radius 2 is 1.77 bits per heavy atom. The first kappa shape index (κ1) is 19.0. The molecule has 4 heteroatoms. The average molecular weight is 356 g/mol. The van der Waals surface area contributed by atoms with E-state index < -0.39 is 0 Å². The number of nitrogens with one attached hydrogen (secondary N) is 1. The molecule has 0 radical (unpaired) electrons. The van der Waals surface area contributed by atoms with E-state index in [1.54, 1.807) is 0 Å². The van der Waals surface area contributed by atoms with Crippen LogP contribution in [0.15, 0.2) is 18.3 Å². The minimum absolute atomic E-state index is 0.178. The number of hydrogen-bond donors (Lipinski definition) is 1. The maximum absolute atomic E-state index is 13.1. The summed E-state index contributed by atoms with van der Waals surface area (Å²) >= 11 is 0. The summed E-state index contributed by atoms with van der Waals surface area (Å²) in [5, 5.41) is 1.30. The van der Waals surface area contributed by atoms with Crippen LogP contribution < -0.4 is 0 Å². The quantitative estimate of drug-likeness (QED) is 0.769. The first-order chi connectivity index (χ1) is 12.6. The minimum atomic E-state index is 0.178. The highest BCUT2D eigenvalue weighted by Gasteiger charge is 2.29. The number of aromatic nitrogens is 1. The van der Waals surface area contributed by atoms with Gasteiger partial charge in [0.15, 0.2) is 0 Å². The third-order valence-corrected chi connectivity index (χ3v) is 5.75. The van der Waals surface area contributed by atoms with Crippen molar-refractivity contribution >= 4 is 16.8 Å². The Bertz CT molecular complexity index is 754. The lowest BCUT2D eigenvalue weighted by atomic mass is 9.85. The molecule has 3 rings (SSSR count). The van der Waals surface area contributed by atoms with Crippen molar-refractivity contribution in [1.82, 2.24) is 14.8 Å². The topological polar surface area (TPSA) is 39.3 Å². The SMILES string of the molecule is CCCN(CCC)C1Cc2c[nH]c3ccc(C(=O)N(CC)CC)c(c23)C1. The van der Waals surface area contributed by atoms with Gasteiger partial charge in [-0.1, -0.05) is 13.8 Å². The predicted molar refractivity (Wildman–Crippen MR) is 109 cm³/mol. The fourth-order valence-corrected chi connectivity index (χ4v) is 4.50. The number of carbonyl (C=O) groups is 1. The van der Waals surface area contributed by atoms with E-state index in [1.165, 1.54) is 34.9 Å². The molecule has 1 heterocycles. The van der Waals surface area contributed by atoms with Crippen LogP contribution in [0.2, 0.25) is 0 Å². The fraction of sp³-hybridized carbons (Fsp3) is 0.591. The molecule has 1 N–H and O–H groups in total. The summed E-state index contributed by atoms with van der Waals surface area (Å²) in [5.41, 5.74) is 4.70. The van der Waals surface area contributed by atoms with Gasteiger partial charge in [0.25, 0.3) is 5.91 Å². The molecule has 1 aliphatic rings. The second kappa shape index (κ2) is 8.26. The number of H-pyrrole nitrogens is 1. The van der Waals surface area contributed by atoms with Crippen LogP contribution >= 0.6 is 0 Å². The summed E-state index contributed by atoms with van der Waals surface area (Å²) in [7, 11) is 0. The first-order valence-electron chi connectivity index (χ1n) is 10.3. The van der Waals surface area contributed by atoms with Gasteiger partial charge in [-0.05, 0) is 75.9 Å². The highest BCUT2D eigenvalue weighted by Crippen LogP contribution is 2.34. The Morgan fingerprint density at radius 1 is 1.08 bits per heavy atom. The second-order valence-electron chi connectivity index (χ2n) is 7.40. The molecule has 1 amide bonds. The van der Waals surface area contributed by atoms with Crippen molar-refractivity contribution in [2.45, 2.75) is 59.4 Å². The molecule has 26 heavy (non-hydrogen) atoms. The number of hydrogen-bond acceptors (Lipinski definition) is 2. The molecule has 0 spiro atoms. The fourth-order valence-electron chi connectivity index (χ4n) is 4.50. The molecule has 1 aliphatic carbocycles. The Balaban J connectivity index is 2.02. The molecular weight excluding hydrogens is 322 g/mol. The van der Waals surface area contributed by atoms with Gasteiger partial charge in [0.1, 0.15) is 0 Å². The van der Waals surface area contributed by atoms with E-state index in [1.807, 2.05) is 11.0 Å². The zero-order chi connectivity index (χ0) is 18.7. The molecule has 0 aliphatic heterocycles. The van der Waals surface area contributed by atoms with E-state index in [-0.39, 0.29) is 5.91 Å². The van der Waals surface area contributed by atoms with Crippen LogP contribution in [-0.4, -0.2) is 52.9 Å². The summed E-state index contributed by atoms with van der Waals surface area (Å²) in [6.07, 6.45) is 6.56. The standard InChI is InChI=1S/C22H33N3O/c1-5-11-25(12-6-2)17-13-16-15-23-20-10-9-18(19(14-17)21(16)20)22(26)24(7-3)8-4/h9-10,15,17,23H,5-8,11-14H2,1-4H3. The van der Waals surface area contributed by atoms with Crippen molar-refractivity contribution < 1.29 is 4.79 Å². The number of carbonyl (C=O) groups excluding carboxylic acids is 1. The van der Waals surface area contributed by atoms with Gasteiger partial charge < -0.3 is 9.88 Å². The van der Waals surface area contributed by atoms with Crippen molar-refractivity contribution in [2.75, 3.05) is 26.2 Å². The lowest BCUT2D eigenvalue weighted by Crippen LogP contribution is -2.41. The molecule has 2 aromatic rings. The minimum Gasteiger partial charge on any atom is -0.361 e. The van der Waals surface area contributed by atoms with E-state index in [4.69, 9.17) is 0 Å². The van der Waals surface area contributed by atoms with E-state index in [2.05, 4.69) is 49.8 Å². The molecule has 1 unspecified atom stereocenters. The van der Waals surface area contributed by atoms with Gasteiger partial charge >= 0.3 is 0 Å². The summed E-state index contributed by atoms with van der Waals surface area (Å²) in [5.74, 6) is 0.178. The van der Waals surface area contributed by atoms with E-state index >= 15 is 0 Å². The van der Waals surface area contributed by atoms with Gasteiger partial charge in [0.05, 0.1) is 0 Å². The molecule has 0 bridgehead atoms.